The van der Waals surface area contributed by atoms with Crippen LogP contribution in [0.15, 0.2) is 16.9 Å². The molecule has 2 rings (SSSR count). The fourth-order valence-electron chi connectivity index (χ4n) is 1.01. The molecule has 0 saturated heterocycles. The quantitative estimate of drug-likeness (QED) is 0.740. The predicted octanol–water partition coefficient (Wildman–Crippen LogP) is 0.946. The van der Waals surface area contributed by atoms with Crippen molar-refractivity contribution in [2.45, 2.75) is 0 Å². The number of hydrogen-bond donors (Lipinski definition) is 1. The number of nitrogen functional groups attached to an aromatic ring is 1. The molecule has 0 bridgehead atoms. The molecule has 2 heterocycles. The maximum Gasteiger partial charge on any atom is 0.175 e. The molecule has 0 radical (unpaired) electrons. The molecular formula is C7H4BrN5. The SMILES string of the molecule is N#Cc1cnn2c(N)c(Br)cnc12. The summed E-state index contributed by atoms with van der Waals surface area (Å²) in [5.41, 5.74) is 6.58. The molecule has 5 nitrogen and oxygen atoms in total. The van der Waals surface area contributed by atoms with Crippen molar-refractivity contribution in [2.75, 3.05) is 5.73 Å². The average Bonchev–Trinajstić information content (AvgIpc) is 2.55. The van der Waals surface area contributed by atoms with Gasteiger partial charge < -0.3 is 5.73 Å². The summed E-state index contributed by atoms with van der Waals surface area (Å²) in [6, 6.07) is 1.98. The third-order valence-electron chi connectivity index (χ3n) is 1.64. The highest BCUT2D eigenvalue weighted by Crippen LogP contribution is 2.19. The molecule has 0 aliphatic heterocycles. The van der Waals surface area contributed by atoms with E-state index in [-0.39, 0.29) is 0 Å². The minimum atomic E-state index is 0.416. The molecule has 13 heavy (non-hydrogen) atoms. The molecule has 0 aliphatic rings. The summed E-state index contributed by atoms with van der Waals surface area (Å²) in [5.74, 6) is 0.437. The van der Waals surface area contributed by atoms with Gasteiger partial charge in [-0.2, -0.15) is 14.9 Å². The molecule has 2 N–H and O–H groups in total. The van der Waals surface area contributed by atoms with E-state index in [1.165, 1.54) is 10.7 Å². The second-order valence-electron chi connectivity index (χ2n) is 2.40. The van der Waals surface area contributed by atoms with Crippen molar-refractivity contribution in [3.63, 3.8) is 0 Å². The molecule has 0 amide bonds. The zero-order chi connectivity index (χ0) is 9.42. The number of aromatic nitrogens is 3. The molecule has 0 saturated carbocycles. The molecule has 2 aromatic rings. The van der Waals surface area contributed by atoms with Crippen LogP contribution in [0.1, 0.15) is 5.56 Å². The third-order valence-corrected chi connectivity index (χ3v) is 2.25. The van der Waals surface area contributed by atoms with Crippen LogP contribution in [0.5, 0.6) is 0 Å². The number of halogens is 1. The Morgan fingerprint density at radius 2 is 2.31 bits per heavy atom. The first-order chi connectivity index (χ1) is 6.24. The van der Waals surface area contributed by atoms with Gasteiger partial charge in [-0.15, -0.1) is 0 Å². The minimum absolute atomic E-state index is 0.416. The summed E-state index contributed by atoms with van der Waals surface area (Å²) in [7, 11) is 0. The molecule has 0 fully saturated rings. The number of rotatable bonds is 0. The van der Waals surface area contributed by atoms with Gasteiger partial charge in [0.05, 0.1) is 10.7 Å². The van der Waals surface area contributed by atoms with Crippen LogP contribution >= 0.6 is 15.9 Å². The van der Waals surface area contributed by atoms with Gasteiger partial charge in [-0.3, -0.25) is 0 Å². The molecular weight excluding hydrogens is 234 g/mol. The Balaban J connectivity index is 2.91. The van der Waals surface area contributed by atoms with Crippen molar-refractivity contribution in [2.24, 2.45) is 0 Å². The molecule has 0 atom stereocenters. The van der Waals surface area contributed by atoms with E-state index < -0.39 is 0 Å². The van der Waals surface area contributed by atoms with Crippen molar-refractivity contribution in [1.82, 2.24) is 14.6 Å². The Morgan fingerprint density at radius 3 is 3.00 bits per heavy atom. The number of nitrogens with two attached hydrogens (primary N) is 1. The second-order valence-corrected chi connectivity index (χ2v) is 3.25. The second kappa shape index (κ2) is 2.71. The zero-order valence-electron chi connectivity index (χ0n) is 6.40. The number of anilines is 1. The van der Waals surface area contributed by atoms with Crippen LogP contribution in [0.3, 0.4) is 0 Å². The standard InChI is InChI=1S/C7H4BrN5/c8-5-3-11-7-4(1-9)2-12-13(7)6(5)10/h2-3H,10H2. The van der Waals surface area contributed by atoms with Crippen molar-refractivity contribution in [3.8, 4) is 6.07 Å². The molecule has 64 valence electrons. The summed E-state index contributed by atoms with van der Waals surface area (Å²) in [6.45, 7) is 0. The Morgan fingerprint density at radius 1 is 1.54 bits per heavy atom. The first-order valence-corrected chi connectivity index (χ1v) is 4.21. The summed E-state index contributed by atoms with van der Waals surface area (Å²) in [5, 5.41) is 12.6. The molecule has 0 spiro atoms. The van der Waals surface area contributed by atoms with Crippen LogP contribution in [-0.4, -0.2) is 14.6 Å². The van der Waals surface area contributed by atoms with Crippen molar-refractivity contribution < 1.29 is 0 Å². The van der Waals surface area contributed by atoms with E-state index in [9.17, 15) is 0 Å². The normalized spacial score (nSPS) is 10.2. The highest BCUT2D eigenvalue weighted by molar-refractivity contribution is 9.10. The smallest absolute Gasteiger partial charge is 0.175 e. The topological polar surface area (TPSA) is 80.0 Å². The number of nitrogens with zero attached hydrogens (tertiary/aromatic N) is 4. The maximum atomic E-state index is 8.69. The van der Waals surface area contributed by atoms with E-state index in [0.29, 0.717) is 21.5 Å². The van der Waals surface area contributed by atoms with Gasteiger partial charge >= 0.3 is 0 Å². The van der Waals surface area contributed by atoms with E-state index in [4.69, 9.17) is 11.0 Å². The van der Waals surface area contributed by atoms with Crippen molar-refractivity contribution >= 4 is 27.4 Å². The van der Waals surface area contributed by atoms with Crippen LogP contribution in [0.25, 0.3) is 5.65 Å². The lowest BCUT2D eigenvalue weighted by atomic mass is 10.4. The van der Waals surface area contributed by atoms with Gasteiger partial charge in [-0.05, 0) is 15.9 Å². The lowest BCUT2D eigenvalue weighted by molar-refractivity contribution is 0.947. The fourth-order valence-corrected chi connectivity index (χ4v) is 1.28. The highest BCUT2D eigenvalue weighted by Gasteiger charge is 2.08. The minimum Gasteiger partial charge on any atom is -0.383 e. The lowest BCUT2D eigenvalue weighted by Gasteiger charge is -1.99. The van der Waals surface area contributed by atoms with Crippen LogP contribution in [-0.2, 0) is 0 Å². The Labute approximate surface area is 81.9 Å². The van der Waals surface area contributed by atoms with E-state index >= 15 is 0 Å². The average molecular weight is 238 g/mol. The van der Waals surface area contributed by atoms with Gasteiger partial charge in [0.2, 0.25) is 0 Å². The van der Waals surface area contributed by atoms with Crippen LogP contribution in [0, 0.1) is 11.3 Å². The lowest BCUT2D eigenvalue weighted by Crippen LogP contribution is -2.00. The summed E-state index contributed by atoms with van der Waals surface area (Å²) < 4.78 is 2.08. The van der Waals surface area contributed by atoms with Crippen molar-refractivity contribution in [1.29, 1.82) is 5.26 Å². The number of hydrogen-bond acceptors (Lipinski definition) is 4. The van der Waals surface area contributed by atoms with E-state index in [2.05, 4.69) is 26.0 Å². The highest BCUT2D eigenvalue weighted by atomic mass is 79.9. The molecule has 0 unspecified atom stereocenters. The summed E-state index contributed by atoms with van der Waals surface area (Å²) >= 11 is 3.22. The van der Waals surface area contributed by atoms with Gasteiger partial charge in [-0.1, -0.05) is 0 Å². The van der Waals surface area contributed by atoms with Crippen molar-refractivity contribution in [3.05, 3.63) is 22.4 Å². The first-order valence-electron chi connectivity index (χ1n) is 3.42. The van der Waals surface area contributed by atoms with Gasteiger partial charge in [0.15, 0.2) is 5.65 Å². The Hall–Kier alpha value is -1.61. The largest absolute Gasteiger partial charge is 0.383 e. The van der Waals surface area contributed by atoms with Crippen LogP contribution in [0.2, 0.25) is 0 Å². The monoisotopic (exact) mass is 237 g/mol. The number of nitriles is 1. The number of fused-ring (bicyclic) bond motifs is 1. The molecule has 0 aliphatic carbocycles. The summed E-state index contributed by atoms with van der Waals surface area (Å²) in [6.07, 6.45) is 2.98. The zero-order valence-corrected chi connectivity index (χ0v) is 7.98. The molecule has 2 aromatic heterocycles. The van der Waals surface area contributed by atoms with Gasteiger partial charge in [0.25, 0.3) is 0 Å². The maximum absolute atomic E-state index is 8.69. The van der Waals surface area contributed by atoms with Gasteiger partial charge in [0.1, 0.15) is 17.5 Å². The Bertz CT molecular complexity index is 509. The molecule has 6 heteroatoms. The fraction of sp³-hybridized carbons (Fsp3) is 0. The third kappa shape index (κ3) is 1.05. The molecule has 0 aromatic carbocycles. The van der Waals surface area contributed by atoms with Crippen LogP contribution in [0.4, 0.5) is 5.82 Å². The van der Waals surface area contributed by atoms with E-state index in [0.717, 1.165) is 0 Å². The van der Waals surface area contributed by atoms with Crippen LogP contribution < -0.4 is 5.73 Å². The predicted molar refractivity (Wildman–Crippen MR) is 49.8 cm³/mol. The van der Waals surface area contributed by atoms with E-state index in [1.807, 2.05) is 6.07 Å². The van der Waals surface area contributed by atoms with Gasteiger partial charge in [0, 0.05) is 6.20 Å². The van der Waals surface area contributed by atoms with Gasteiger partial charge in [-0.25, -0.2) is 4.98 Å². The first kappa shape index (κ1) is 8.01. The Kier molecular flexibility index (Phi) is 1.67. The summed E-state index contributed by atoms with van der Waals surface area (Å²) in [4.78, 5) is 4.02. The van der Waals surface area contributed by atoms with E-state index in [1.54, 1.807) is 6.20 Å².